The van der Waals surface area contributed by atoms with E-state index in [0.29, 0.717) is 0 Å². The highest BCUT2D eigenvalue weighted by atomic mass is 28.4. The standard InChI is InChI=1S/C20H20OSi/c1-17(18-11-5-2-6-12-18)22(21,19-13-7-3-8-14-19)20-15-9-4-10-16-20/h2-17,21H,1H3/t17-/m0/s1. The number of hydrogen-bond acceptors (Lipinski definition) is 1. The molecule has 0 radical (unpaired) electrons. The summed E-state index contributed by atoms with van der Waals surface area (Å²) in [7, 11) is -2.85. The Bertz CT molecular complexity index is 671. The summed E-state index contributed by atoms with van der Waals surface area (Å²) >= 11 is 0. The van der Waals surface area contributed by atoms with E-state index in [0.717, 1.165) is 10.4 Å². The summed E-state index contributed by atoms with van der Waals surface area (Å²) < 4.78 is 0. The van der Waals surface area contributed by atoms with Crippen LogP contribution < -0.4 is 10.4 Å². The van der Waals surface area contributed by atoms with Crippen molar-refractivity contribution in [1.82, 2.24) is 0 Å². The van der Waals surface area contributed by atoms with Gasteiger partial charge in [-0.2, -0.15) is 0 Å². The molecule has 3 aromatic rings. The molecule has 0 saturated heterocycles. The molecule has 0 aliphatic rings. The molecule has 0 heterocycles. The van der Waals surface area contributed by atoms with E-state index in [2.05, 4.69) is 43.3 Å². The Morgan fingerprint density at radius 3 is 1.41 bits per heavy atom. The molecule has 0 aliphatic heterocycles. The second-order valence-electron chi connectivity index (χ2n) is 5.63. The van der Waals surface area contributed by atoms with Crippen LogP contribution in [0.5, 0.6) is 0 Å². The predicted octanol–water partition coefficient (Wildman–Crippen LogP) is 3.08. The molecule has 110 valence electrons. The summed E-state index contributed by atoms with van der Waals surface area (Å²) in [6.07, 6.45) is 0. The molecule has 1 N–H and O–H groups in total. The average molecular weight is 304 g/mol. The van der Waals surface area contributed by atoms with Crippen LogP contribution in [0.1, 0.15) is 18.0 Å². The van der Waals surface area contributed by atoms with Gasteiger partial charge >= 0.3 is 0 Å². The zero-order valence-electron chi connectivity index (χ0n) is 12.7. The lowest BCUT2D eigenvalue weighted by Crippen LogP contribution is -2.62. The number of hydrogen-bond donors (Lipinski definition) is 1. The monoisotopic (exact) mass is 304 g/mol. The second-order valence-corrected chi connectivity index (χ2v) is 9.18. The molecule has 0 fully saturated rings. The zero-order valence-corrected chi connectivity index (χ0v) is 13.7. The lowest BCUT2D eigenvalue weighted by Gasteiger charge is -2.32. The van der Waals surface area contributed by atoms with Gasteiger partial charge in [0.1, 0.15) is 0 Å². The van der Waals surface area contributed by atoms with Gasteiger partial charge in [-0.05, 0) is 15.9 Å². The molecule has 0 saturated carbocycles. The highest BCUT2D eigenvalue weighted by Gasteiger charge is 2.42. The van der Waals surface area contributed by atoms with Crippen LogP contribution in [-0.4, -0.2) is 13.1 Å². The Morgan fingerprint density at radius 2 is 1.00 bits per heavy atom. The van der Waals surface area contributed by atoms with Gasteiger partial charge in [0.05, 0.1) is 0 Å². The van der Waals surface area contributed by atoms with Crippen LogP contribution in [0.3, 0.4) is 0 Å². The minimum Gasteiger partial charge on any atom is -0.423 e. The van der Waals surface area contributed by atoms with Gasteiger partial charge in [0.2, 0.25) is 0 Å². The molecular formula is C20H20OSi. The molecule has 1 atom stereocenters. The van der Waals surface area contributed by atoms with Crippen molar-refractivity contribution in [3.8, 4) is 0 Å². The van der Waals surface area contributed by atoms with E-state index in [4.69, 9.17) is 0 Å². The van der Waals surface area contributed by atoms with Crippen LogP contribution in [0, 0.1) is 0 Å². The Kier molecular flexibility index (Phi) is 4.23. The molecule has 3 rings (SSSR count). The van der Waals surface area contributed by atoms with Crippen molar-refractivity contribution in [1.29, 1.82) is 0 Å². The first kappa shape index (κ1) is 14.8. The van der Waals surface area contributed by atoms with Gasteiger partial charge in [0.25, 0.3) is 8.32 Å². The van der Waals surface area contributed by atoms with E-state index in [-0.39, 0.29) is 5.54 Å². The minimum atomic E-state index is -2.85. The summed E-state index contributed by atoms with van der Waals surface area (Å²) in [5.74, 6) is 0. The van der Waals surface area contributed by atoms with Gasteiger partial charge in [0.15, 0.2) is 0 Å². The number of rotatable bonds is 4. The normalized spacial score (nSPS) is 12.8. The third-order valence-corrected chi connectivity index (χ3v) is 8.37. The Balaban J connectivity index is 2.16. The van der Waals surface area contributed by atoms with Crippen LogP contribution in [0.25, 0.3) is 0 Å². The third kappa shape index (κ3) is 2.63. The molecule has 0 unspecified atom stereocenters. The molecule has 3 aromatic carbocycles. The third-order valence-electron chi connectivity index (χ3n) is 4.35. The van der Waals surface area contributed by atoms with Crippen LogP contribution >= 0.6 is 0 Å². The SMILES string of the molecule is C[C@@H](c1ccccc1)[Si](O)(c1ccccc1)c1ccccc1. The van der Waals surface area contributed by atoms with Gasteiger partial charge in [-0.15, -0.1) is 0 Å². The maximum atomic E-state index is 11.8. The van der Waals surface area contributed by atoms with Crippen LogP contribution in [0.2, 0.25) is 0 Å². The highest BCUT2D eigenvalue weighted by molar-refractivity contribution is 6.97. The average Bonchev–Trinajstić information content (AvgIpc) is 2.62. The van der Waals surface area contributed by atoms with E-state index in [9.17, 15) is 4.80 Å². The molecule has 1 nitrogen and oxygen atoms in total. The van der Waals surface area contributed by atoms with Crippen LogP contribution in [-0.2, 0) is 0 Å². The second kappa shape index (κ2) is 6.30. The largest absolute Gasteiger partial charge is 0.423 e. The summed E-state index contributed by atoms with van der Waals surface area (Å²) in [5, 5.41) is 2.11. The van der Waals surface area contributed by atoms with Crippen molar-refractivity contribution < 1.29 is 4.80 Å². The maximum Gasteiger partial charge on any atom is 0.259 e. The smallest absolute Gasteiger partial charge is 0.259 e. The van der Waals surface area contributed by atoms with Crippen LogP contribution in [0.4, 0.5) is 0 Å². The number of benzene rings is 3. The molecule has 0 spiro atoms. The van der Waals surface area contributed by atoms with E-state index in [1.165, 1.54) is 5.56 Å². The summed E-state index contributed by atoms with van der Waals surface area (Å²) in [6, 6.07) is 30.5. The fourth-order valence-electron chi connectivity index (χ4n) is 3.03. The van der Waals surface area contributed by atoms with Gasteiger partial charge in [-0.3, -0.25) is 0 Å². The van der Waals surface area contributed by atoms with E-state index < -0.39 is 8.32 Å². The first-order valence-corrected chi connectivity index (χ1v) is 9.63. The molecule has 0 aliphatic carbocycles. The van der Waals surface area contributed by atoms with Crippen molar-refractivity contribution in [3.05, 3.63) is 96.6 Å². The van der Waals surface area contributed by atoms with Gasteiger partial charge in [-0.25, -0.2) is 0 Å². The van der Waals surface area contributed by atoms with Crippen molar-refractivity contribution in [2.24, 2.45) is 0 Å². The summed E-state index contributed by atoms with van der Waals surface area (Å²) in [4.78, 5) is 11.8. The molecule has 0 amide bonds. The van der Waals surface area contributed by atoms with Gasteiger partial charge < -0.3 is 4.80 Å². The molecule has 0 aromatic heterocycles. The van der Waals surface area contributed by atoms with Crippen LogP contribution in [0.15, 0.2) is 91.0 Å². The first-order valence-electron chi connectivity index (χ1n) is 7.61. The van der Waals surface area contributed by atoms with Crippen molar-refractivity contribution >= 4 is 18.7 Å². The molecule has 0 bridgehead atoms. The summed E-state index contributed by atoms with van der Waals surface area (Å²) in [6.45, 7) is 2.14. The van der Waals surface area contributed by atoms with E-state index in [1.807, 2.05) is 54.6 Å². The Hall–Kier alpha value is -2.16. The maximum absolute atomic E-state index is 11.8. The summed E-state index contributed by atoms with van der Waals surface area (Å²) in [5.41, 5.74) is 1.27. The Morgan fingerprint density at radius 1 is 0.636 bits per heavy atom. The fourth-order valence-corrected chi connectivity index (χ4v) is 6.44. The molecule has 2 heteroatoms. The topological polar surface area (TPSA) is 20.2 Å². The molecular weight excluding hydrogens is 284 g/mol. The minimum absolute atomic E-state index is 0.0819. The Labute approximate surface area is 133 Å². The van der Waals surface area contributed by atoms with Crippen molar-refractivity contribution in [2.45, 2.75) is 12.5 Å². The van der Waals surface area contributed by atoms with Gasteiger partial charge in [0, 0.05) is 5.54 Å². The van der Waals surface area contributed by atoms with E-state index in [1.54, 1.807) is 0 Å². The highest BCUT2D eigenvalue weighted by Crippen LogP contribution is 2.24. The van der Waals surface area contributed by atoms with Gasteiger partial charge in [-0.1, -0.05) is 97.9 Å². The predicted molar refractivity (Wildman–Crippen MR) is 95.0 cm³/mol. The first-order chi connectivity index (χ1) is 10.7. The zero-order chi connectivity index (χ0) is 15.4. The molecule has 22 heavy (non-hydrogen) atoms. The van der Waals surface area contributed by atoms with Crippen molar-refractivity contribution in [2.75, 3.05) is 0 Å². The lowest BCUT2D eigenvalue weighted by molar-refractivity contribution is 0.549. The lowest BCUT2D eigenvalue weighted by atomic mass is 10.2. The fraction of sp³-hybridized carbons (Fsp3) is 0.100. The van der Waals surface area contributed by atoms with E-state index >= 15 is 0 Å². The van der Waals surface area contributed by atoms with Crippen molar-refractivity contribution in [3.63, 3.8) is 0 Å². The quantitative estimate of drug-likeness (QED) is 0.735.